The maximum Gasteiger partial charge on any atom is 0.240 e. The van der Waals surface area contributed by atoms with Gasteiger partial charge >= 0.3 is 0 Å². The largest absolute Gasteiger partial charge is 0.352 e. The highest BCUT2D eigenvalue weighted by atomic mass is 32.2. The van der Waals surface area contributed by atoms with Crippen molar-refractivity contribution < 1.29 is 17.6 Å². The number of halogens is 1. The first-order valence-electron chi connectivity index (χ1n) is 5.73. The molecule has 0 saturated carbocycles. The van der Waals surface area contributed by atoms with Crippen LogP contribution in [0.1, 0.15) is 13.8 Å². The smallest absolute Gasteiger partial charge is 0.240 e. The zero-order valence-electron chi connectivity index (χ0n) is 11.1. The number of rotatable bonds is 5. The standard InChI is InChI=1S/C12H17FN2O3S/c1-9(2)14-12(16)8-15(19(3,17)18)11-7-5-4-6-10(11)13/h4-7,9H,8H2,1-3H3,(H,14,16). The highest BCUT2D eigenvalue weighted by Gasteiger charge is 2.23. The van der Waals surface area contributed by atoms with Gasteiger partial charge in [0.05, 0.1) is 11.9 Å². The second-order valence-electron chi connectivity index (χ2n) is 4.44. The number of sulfonamides is 1. The molecular formula is C12H17FN2O3S. The van der Waals surface area contributed by atoms with Gasteiger partial charge in [0.1, 0.15) is 12.4 Å². The van der Waals surface area contributed by atoms with Crippen molar-refractivity contribution in [2.45, 2.75) is 19.9 Å². The molecule has 1 aromatic carbocycles. The van der Waals surface area contributed by atoms with Gasteiger partial charge in [0.25, 0.3) is 0 Å². The molecule has 0 bridgehead atoms. The minimum Gasteiger partial charge on any atom is -0.352 e. The van der Waals surface area contributed by atoms with Gasteiger partial charge in [-0.3, -0.25) is 9.10 Å². The summed E-state index contributed by atoms with van der Waals surface area (Å²) in [5.41, 5.74) is -0.135. The Bertz CT molecular complexity index is 558. The molecule has 0 unspecified atom stereocenters. The molecule has 0 radical (unpaired) electrons. The zero-order chi connectivity index (χ0) is 14.6. The Hall–Kier alpha value is -1.63. The summed E-state index contributed by atoms with van der Waals surface area (Å²) >= 11 is 0. The maximum absolute atomic E-state index is 13.6. The molecule has 0 heterocycles. The number of hydrogen-bond donors (Lipinski definition) is 1. The monoisotopic (exact) mass is 288 g/mol. The molecule has 0 fully saturated rings. The van der Waals surface area contributed by atoms with Crippen molar-refractivity contribution in [2.24, 2.45) is 0 Å². The average molecular weight is 288 g/mol. The van der Waals surface area contributed by atoms with Crippen molar-refractivity contribution in [1.82, 2.24) is 5.32 Å². The lowest BCUT2D eigenvalue weighted by molar-refractivity contribution is -0.120. The third-order valence-electron chi connectivity index (χ3n) is 2.26. The van der Waals surface area contributed by atoms with Gasteiger partial charge in [0.2, 0.25) is 15.9 Å². The summed E-state index contributed by atoms with van der Waals surface area (Å²) in [7, 11) is -3.74. The fourth-order valence-electron chi connectivity index (χ4n) is 1.53. The van der Waals surface area contributed by atoms with Gasteiger partial charge < -0.3 is 5.32 Å². The third kappa shape index (κ3) is 4.51. The Labute approximate surface area is 112 Å². The fraction of sp³-hybridized carbons (Fsp3) is 0.417. The fourth-order valence-corrected chi connectivity index (χ4v) is 2.39. The van der Waals surface area contributed by atoms with Crippen LogP contribution in [0.2, 0.25) is 0 Å². The molecule has 0 atom stereocenters. The molecule has 0 saturated heterocycles. The Morgan fingerprint density at radius 1 is 1.37 bits per heavy atom. The molecule has 0 aliphatic carbocycles. The minimum atomic E-state index is -3.74. The lowest BCUT2D eigenvalue weighted by Crippen LogP contribution is -2.42. The van der Waals surface area contributed by atoms with Crippen LogP contribution >= 0.6 is 0 Å². The predicted molar refractivity (Wildman–Crippen MR) is 71.9 cm³/mol. The van der Waals surface area contributed by atoms with Crippen LogP contribution in [0, 0.1) is 5.82 Å². The third-order valence-corrected chi connectivity index (χ3v) is 3.38. The second kappa shape index (κ2) is 6.01. The maximum atomic E-state index is 13.6. The molecule has 0 spiro atoms. The van der Waals surface area contributed by atoms with Crippen molar-refractivity contribution in [3.05, 3.63) is 30.1 Å². The van der Waals surface area contributed by atoms with E-state index in [-0.39, 0.29) is 11.7 Å². The first-order chi connectivity index (χ1) is 8.71. The first-order valence-corrected chi connectivity index (χ1v) is 7.58. The van der Waals surface area contributed by atoms with Crippen molar-refractivity contribution in [3.63, 3.8) is 0 Å². The lowest BCUT2D eigenvalue weighted by atomic mass is 10.3. The van der Waals surface area contributed by atoms with E-state index in [4.69, 9.17) is 0 Å². The Morgan fingerprint density at radius 3 is 2.42 bits per heavy atom. The average Bonchev–Trinajstić information content (AvgIpc) is 2.24. The summed E-state index contributed by atoms with van der Waals surface area (Å²) in [4.78, 5) is 11.7. The SMILES string of the molecule is CC(C)NC(=O)CN(c1ccccc1F)S(C)(=O)=O. The van der Waals surface area contributed by atoms with Crippen LogP contribution in [-0.2, 0) is 14.8 Å². The van der Waals surface area contributed by atoms with Crippen molar-refractivity contribution in [1.29, 1.82) is 0 Å². The van der Waals surface area contributed by atoms with Crippen LogP contribution in [0.15, 0.2) is 24.3 Å². The molecule has 0 aliphatic rings. The van der Waals surface area contributed by atoms with Gasteiger partial charge in [-0.2, -0.15) is 0 Å². The summed E-state index contributed by atoms with van der Waals surface area (Å²) in [6.07, 6.45) is 0.933. The van der Waals surface area contributed by atoms with E-state index < -0.39 is 28.3 Å². The highest BCUT2D eigenvalue weighted by Crippen LogP contribution is 2.20. The molecule has 0 aliphatic heterocycles. The summed E-state index contributed by atoms with van der Waals surface area (Å²) < 4.78 is 37.8. The van der Waals surface area contributed by atoms with Gasteiger partial charge in [-0.15, -0.1) is 0 Å². The molecule has 1 aromatic rings. The van der Waals surface area contributed by atoms with Crippen LogP contribution in [0.4, 0.5) is 10.1 Å². The van der Waals surface area contributed by atoms with Gasteiger partial charge in [-0.05, 0) is 26.0 Å². The van der Waals surface area contributed by atoms with E-state index >= 15 is 0 Å². The summed E-state index contributed by atoms with van der Waals surface area (Å²) in [5, 5.41) is 2.57. The molecule has 19 heavy (non-hydrogen) atoms. The highest BCUT2D eigenvalue weighted by molar-refractivity contribution is 7.92. The summed E-state index contributed by atoms with van der Waals surface area (Å²) in [6, 6.07) is 5.31. The first kappa shape index (κ1) is 15.4. The molecule has 1 amide bonds. The van der Waals surface area contributed by atoms with Gasteiger partial charge in [-0.25, -0.2) is 12.8 Å². The lowest BCUT2D eigenvalue weighted by Gasteiger charge is -2.22. The van der Waals surface area contributed by atoms with Crippen LogP contribution < -0.4 is 9.62 Å². The second-order valence-corrected chi connectivity index (χ2v) is 6.35. The Kier molecular flexibility index (Phi) is 4.88. The van der Waals surface area contributed by atoms with E-state index in [1.165, 1.54) is 18.2 Å². The van der Waals surface area contributed by atoms with Crippen molar-refractivity contribution in [3.8, 4) is 0 Å². The number of nitrogens with one attached hydrogen (secondary N) is 1. The number of hydrogen-bond acceptors (Lipinski definition) is 3. The number of nitrogens with zero attached hydrogens (tertiary/aromatic N) is 1. The van der Waals surface area contributed by atoms with Crippen LogP contribution in [-0.4, -0.2) is 33.2 Å². The molecule has 7 heteroatoms. The van der Waals surface area contributed by atoms with E-state index in [9.17, 15) is 17.6 Å². The molecule has 1 rings (SSSR count). The van der Waals surface area contributed by atoms with Gasteiger partial charge in [-0.1, -0.05) is 12.1 Å². The number of carbonyl (C=O) groups is 1. The molecule has 106 valence electrons. The Balaban J connectivity index is 3.05. The van der Waals surface area contributed by atoms with Crippen molar-refractivity contribution in [2.75, 3.05) is 17.1 Å². The van der Waals surface area contributed by atoms with E-state index in [0.29, 0.717) is 0 Å². The van der Waals surface area contributed by atoms with E-state index in [1.807, 2.05) is 0 Å². The predicted octanol–water partition coefficient (Wildman–Crippen LogP) is 1.12. The number of benzene rings is 1. The van der Waals surface area contributed by atoms with E-state index in [1.54, 1.807) is 13.8 Å². The van der Waals surface area contributed by atoms with Crippen LogP contribution in [0.3, 0.4) is 0 Å². The van der Waals surface area contributed by atoms with Gasteiger partial charge in [0, 0.05) is 6.04 Å². The number of carbonyl (C=O) groups excluding carboxylic acids is 1. The summed E-state index contributed by atoms with van der Waals surface area (Å²) in [5.74, 6) is -1.17. The number of anilines is 1. The van der Waals surface area contributed by atoms with E-state index in [0.717, 1.165) is 16.6 Å². The molecule has 1 N–H and O–H groups in total. The molecular weight excluding hydrogens is 271 g/mol. The summed E-state index contributed by atoms with van der Waals surface area (Å²) in [6.45, 7) is 3.06. The van der Waals surface area contributed by atoms with E-state index in [2.05, 4.69) is 5.32 Å². The number of para-hydroxylation sites is 1. The minimum absolute atomic E-state index is 0.116. The van der Waals surface area contributed by atoms with Crippen LogP contribution in [0.25, 0.3) is 0 Å². The molecule has 0 aromatic heterocycles. The number of amides is 1. The van der Waals surface area contributed by atoms with Gasteiger partial charge in [0.15, 0.2) is 0 Å². The zero-order valence-corrected chi connectivity index (χ0v) is 11.9. The molecule has 5 nitrogen and oxygen atoms in total. The topological polar surface area (TPSA) is 66.5 Å². The Morgan fingerprint density at radius 2 is 1.95 bits per heavy atom. The van der Waals surface area contributed by atoms with Crippen LogP contribution in [0.5, 0.6) is 0 Å². The van der Waals surface area contributed by atoms with Crippen molar-refractivity contribution >= 4 is 21.6 Å². The quantitative estimate of drug-likeness (QED) is 0.883. The normalized spacial score (nSPS) is 11.4.